The van der Waals surface area contributed by atoms with Gasteiger partial charge in [0.15, 0.2) is 0 Å². The minimum Gasteiger partial charge on any atom is -0.477 e. The quantitative estimate of drug-likeness (QED) is 0.896. The summed E-state index contributed by atoms with van der Waals surface area (Å²) in [5.74, 6) is -0.853. The molecule has 1 aliphatic rings. The molecule has 0 spiro atoms. The van der Waals surface area contributed by atoms with E-state index in [1.54, 1.807) is 6.07 Å². The SMILES string of the molecule is CC(C)C(C)N(C(=O)c1ccnc(C(=O)O)c1)C1CC1. The number of nitrogens with zero attached hydrogens (tertiary/aromatic N) is 2. The van der Waals surface area contributed by atoms with Crippen LogP contribution in [0, 0.1) is 5.92 Å². The summed E-state index contributed by atoms with van der Waals surface area (Å²) in [6.07, 6.45) is 3.43. The van der Waals surface area contributed by atoms with Crippen LogP contribution in [0.2, 0.25) is 0 Å². The van der Waals surface area contributed by atoms with Crippen LogP contribution in [0.3, 0.4) is 0 Å². The highest BCUT2D eigenvalue weighted by Crippen LogP contribution is 2.32. The van der Waals surface area contributed by atoms with Crippen molar-refractivity contribution in [3.63, 3.8) is 0 Å². The Bertz CT molecular complexity index is 524. The summed E-state index contributed by atoms with van der Waals surface area (Å²) in [4.78, 5) is 29.2. The van der Waals surface area contributed by atoms with Crippen LogP contribution in [0.25, 0.3) is 0 Å². The highest BCUT2D eigenvalue weighted by Gasteiger charge is 2.37. The van der Waals surface area contributed by atoms with Gasteiger partial charge >= 0.3 is 5.97 Å². The number of amides is 1. The summed E-state index contributed by atoms with van der Waals surface area (Å²) < 4.78 is 0. The van der Waals surface area contributed by atoms with Crippen LogP contribution in [0.5, 0.6) is 0 Å². The number of carbonyl (C=O) groups excluding carboxylic acids is 1. The molecular formula is C15H20N2O3. The minimum absolute atomic E-state index is 0.0937. The number of hydrogen-bond acceptors (Lipinski definition) is 3. The summed E-state index contributed by atoms with van der Waals surface area (Å²) in [5.41, 5.74) is 0.306. The first-order valence-corrected chi connectivity index (χ1v) is 6.93. The molecule has 20 heavy (non-hydrogen) atoms. The molecule has 1 N–H and O–H groups in total. The lowest BCUT2D eigenvalue weighted by atomic mass is 10.0. The summed E-state index contributed by atoms with van der Waals surface area (Å²) in [5, 5.41) is 8.96. The zero-order chi connectivity index (χ0) is 14.9. The van der Waals surface area contributed by atoms with Crippen molar-refractivity contribution in [3.05, 3.63) is 29.6 Å². The molecule has 0 aliphatic heterocycles. The Morgan fingerprint density at radius 2 is 2.00 bits per heavy atom. The predicted molar refractivity (Wildman–Crippen MR) is 74.7 cm³/mol. The fourth-order valence-corrected chi connectivity index (χ4v) is 2.19. The van der Waals surface area contributed by atoms with Gasteiger partial charge in [-0.25, -0.2) is 9.78 Å². The number of rotatable bonds is 5. The van der Waals surface area contributed by atoms with Gasteiger partial charge in [0.1, 0.15) is 5.69 Å². The molecule has 1 saturated carbocycles. The van der Waals surface area contributed by atoms with Crippen LogP contribution in [0.4, 0.5) is 0 Å². The van der Waals surface area contributed by atoms with Crippen molar-refractivity contribution in [3.8, 4) is 0 Å². The second-order valence-corrected chi connectivity index (χ2v) is 5.66. The summed E-state index contributed by atoms with van der Waals surface area (Å²) in [6, 6.07) is 3.36. The van der Waals surface area contributed by atoms with Crippen molar-refractivity contribution in [2.75, 3.05) is 0 Å². The molecule has 0 bridgehead atoms. The third kappa shape index (κ3) is 2.98. The molecule has 1 atom stereocenters. The first-order valence-electron chi connectivity index (χ1n) is 6.93. The van der Waals surface area contributed by atoms with Gasteiger partial charge in [-0.15, -0.1) is 0 Å². The van der Waals surface area contributed by atoms with Gasteiger partial charge in [0.25, 0.3) is 5.91 Å². The molecule has 1 unspecified atom stereocenters. The van der Waals surface area contributed by atoms with Crippen molar-refractivity contribution in [1.82, 2.24) is 9.88 Å². The Morgan fingerprint density at radius 1 is 1.35 bits per heavy atom. The van der Waals surface area contributed by atoms with Crippen LogP contribution in [-0.2, 0) is 0 Å². The Labute approximate surface area is 118 Å². The van der Waals surface area contributed by atoms with Crippen LogP contribution in [0.15, 0.2) is 18.3 Å². The van der Waals surface area contributed by atoms with E-state index in [9.17, 15) is 9.59 Å². The van der Waals surface area contributed by atoms with Gasteiger partial charge < -0.3 is 10.0 Å². The molecule has 0 aromatic carbocycles. The average molecular weight is 276 g/mol. The Balaban J connectivity index is 2.28. The molecule has 5 nitrogen and oxygen atoms in total. The topological polar surface area (TPSA) is 70.5 Å². The molecule has 0 radical (unpaired) electrons. The van der Waals surface area contributed by atoms with Crippen molar-refractivity contribution < 1.29 is 14.7 Å². The summed E-state index contributed by atoms with van der Waals surface area (Å²) >= 11 is 0. The fraction of sp³-hybridized carbons (Fsp3) is 0.533. The van der Waals surface area contributed by atoms with Gasteiger partial charge in [0, 0.05) is 23.8 Å². The molecule has 0 saturated heterocycles. The predicted octanol–water partition coefficient (Wildman–Crippen LogP) is 2.43. The first kappa shape index (κ1) is 14.5. The number of carboxylic acid groups (broad SMARTS) is 1. The van der Waals surface area contributed by atoms with E-state index in [1.165, 1.54) is 12.3 Å². The van der Waals surface area contributed by atoms with E-state index in [4.69, 9.17) is 5.11 Å². The van der Waals surface area contributed by atoms with E-state index in [2.05, 4.69) is 18.8 Å². The first-order chi connectivity index (χ1) is 9.41. The second-order valence-electron chi connectivity index (χ2n) is 5.66. The fourth-order valence-electron chi connectivity index (χ4n) is 2.19. The molecule has 1 aromatic heterocycles. The smallest absolute Gasteiger partial charge is 0.354 e. The monoisotopic (exact) mass is 276 g/mol. The standard InChI is InChI=1S/C15H20N2O3/c1-9(2)10(3)17(12-4-5-12)14(18)11-6-7-16-13(8-11)15(19)20/h6-10,12H,4-5H2,1-3H3,(H,19,20). The van der Waals surface area contributed by atoms with Crippen LogP contribution >= 0.6 is 0 Å². The van der Waals surface area contributed by atoms with Gasteiger partial charge in [0.05, 0.1) is 0 Å². The van der Waals surface area contributed by atoms with Crippen LogP contribution in [-0.4, -0.2) is 39.0 Å². The number of pyridine rings is 1. The molecule has 1 aliphatic carbocycles. The Morgan fingerprint density at radius 3 is 2.50 bits per heavy atom. The molecule has 1 heterocycles. The van der Waals surface area contributed by atoms with Crippen molar-refractivity contribution in [1.29, 1.82) is 0 Å². The van der Waals surface area contributed by atoms with E-state index < -0.39 is 5.97 Å². The molecular weight excluding hydrogens is 256 g/mol. The second kappa shape index (κ2) is 5.61. The van der Waals surface area contributed by atoms with Crippen molar-refractivity contribution in [2.45, 2.75) is 45.7 Å². The van der Waals surface area contributed by atoms with Crippen molar-refractivity contribution >= 4 is 11.9 Å². The highest BCUT2D eigenvalue weighted by molar-refractivity contribution is 5.97. The molecule has 5 heteroatoms. The third-order valence-electron chi connectivity index (χ3n) is 3.80. The lowest BCUT2D eigenvalue weighted by molar-refractivity contribution is 0.0627. The van der Waals surface area contributed by atoms with Gasteiger partial charge in [-0.2, -0.15) is 0 Å². The van der Waals surface area contributed by atoms with Gasteiger partial charge in [-0.1, -0.05) is 13.8 Å². The Kier molecular flexibility index (Phi) is 4.06. The van der Waals surface area contributed by atoms with Crippen molar-refractivity contribution in [2.24, 2.45) is 5.92 Å². The van der Waals surface area contributed by atoms with E-state index in [0.717, 1.165) is 12.8 Å². The van der Waals surface area contributed by atoms with E-state index in [0.29, 0.717) is 17.5 Å². The minimum atomic E-state index is -1.12. The average Bonchev–Trinajstić information content (AvgIpc) is 3.23. The number of carboxylic acids is 1. The molecule has 2 rings (SSSR count). The van der Waals surface area contributed by atoms with Gasteiger partial charge in [-0.3, -0.25) is 4.79 Å². The third-order valence-corrected chi connectivity index (χ3v) is 3.80. The number of hydrogen-bond donors (Lipinski definition) is 1. The molecule has 108 valence electrons. The maximum Gasteiger partial charge on any atom is 0.354 e. The number of aromatic nitrogens is 1. The van der Waals surface area contributed by atoms with E-state index in [-0.39, 0.29) is 17.6 Å². The maximum atomic E-state index is 12.7. The maximum absolute atomic E-state index is 12.7. The number of aromatic carboxylic acids is 1. The van der Waals surface area contributed by atoms with E-state index in [1.807, 2.05) is 11.8 Å². The largest absolute Gasteiger partial charge is 0.477 e. The molecule has 1 fully saturated rings. The zero-order valence-electron chi connectivity index (χ0n) is 12.0. The lowest BCUT2D eigenvalue weighted by Crippen LogP contribution is -2.43. The molecule has 1 aromatic rings. The normalized spacial score (nSPS) is 16.0. The lowest BCUT2D eigenvalue weighted by Gasteiger charge is -2.32. The summed E-state index contributed by atoms with van der Waals surface area (Å²) in [6.45, 7) is 6.21. The number of carbonyl (C=O) groups is 2. The highest BCUT2D eigenvalue weighted by atomic mass is 16.4. The molecule has 1 amide bonds. The summed E-state index contributed by atoms with van der Waals surface area (Å²) in [7, 11) is 0. The van der Waals surface area contributed by atoms with Gasteiger partial charge in [0.2, 0.25) is 0 Å². The van der Waals surface area contributed by atoms with Crippen LogP contribution in [0.1, 0.15) is 54.5 Å². The van der Waals surface area contributed by atoms with E-state index >= 15 is 0 Å². The van der Waals surface area contributed by atoms with Gasteiger partial charge in [-0.05, 0) is 37.8 Å². The zero-order valence-corrected chi connectivity index (χ0v) is 12.0. The van der Waals surface area contributed by atoms with Crippen LogP contribution < -0.4 is 0 Å². The Hall–Kier alpha value is -1.91.